The molecular formula is C16H13N5OS. The van der Waals surface area contributed by atoms with Gasteiger partial charge in [-0.2, -0.15) is 4.98 Å². The Morgan fingerprint density at radius 2 is 2.00 bits per heavy atom. The Balaban J connectivity index is 1.52. The van der Waals surface area contributed by atoms with E-state index in [2.05, 4.69) is 49.5 Å². The number of imidazole rings is 1. The van der Waals surface area contributed by atoms with Crippen LogP contribution in [0.25, 0.3) is 21.6 Å². The Labute approximate surface area is 135 Å². The van der Waals surface area contributed by atoms with Gasteiger partial charge in [0.1, 0.15) is 0 Å². The molecule has 0 aliphatic rings. The Hall–Kier alpha value is -2.93. The van der Waals surface area contributed by atoms with Gasteiger partial charge in [0, 0.05) is 9.75 Å². The van der Waals surface area contributed by atoms with Gasteiger partial charge in [-0.15, -0.1) is 11.3 Å². The molecule has 0 unspecified atom stereocenters. The zero-order chi connectivity index (χ0) is 15.6. The number of anilines is 1. The van der Waals surface area contributed by atoms with Crippen LogP contribution in [-0.4, -0.2) is 19.9 Å². The molecule has 4 aromatic rings. The van der Waals surface area contributed by atoms with Crippen LogP contribution in [-0.2, 0) is 6.54 Å². The topological polar surface area (TPSA) is 86.5 Å². The van der Waals surface area contributed by atoms with E-state index >= 15 is 0 Å². The normalized spacial score (nSPS) is 11.0. The first-order chi connectivity index (χ1) is 11.3. The molecule has 4 rings (SSSR count). The molecule has 0 saturated heterocycles. The van der Waals surface area contributed by atoms with Crippen LogP contribution in [0.4, 0.5) is 5.95 Å². The predicted molar refractivity (Wildman–Crippen MR) is 91.6 cm³/mol. The fourth-order valence-electron chi connectivity index (χ4n) is 2.33. The molecule has 0 fully saturated rings. The lowest BCUT2D eigenvalue weighted by atomic mass is 10.2. The van der Waals surface area contributed by atoms with Crippen LogP contribution in [0, 0.1) is 0 Å². The maximum Gasteiger partial charge on any atom is 0.278 e. The first-order valence-corrected chi connectivity index (χ1v) is 7.93. The third-order valence-corrected chi connectivity index (χ3v) is 4.58. The average Bonchev–Trinajstić information content (AvgIpc) is 3.23. The highest BCUT2D eigenvalue weighted by Crippen LogP contribution is 2.28. The van der Waals surface area contributed by atoms with Crippen LogP contribution in [0.3, 0.4) is 0 Å². The number of hydrogen-bond donors (Lipinski definition) is 3. The highest BCUT2D eigenvalue weighted by molar-refractivity contribution is 7.15. The summed E-state index contributed by atoms with van der Waals surface area (Å²) in [4.78, 5) is 28.0. The van der Waals surface area contributed by atoms with Gasteiger partial charge in [0.25, 0.3) is 5.56 Å². The van der Waals surface area contributed by atoms with E-state index in [9.17, 15) is 4.79 Å². The molecule has 0 saturated carbocycles. The lowest BCUT2D eigenvalue weighted by molar-refractivity contribution is 1.07. The SMILES string of the molecule is O=c1[nH]c(NCc2ccc(-c3ccccc3)s2)nc2nc[nH]c12. The molecular weight excluding hydrogens is 310 g/mol. The molecule has 0 atom stereocenters. The van der Waals surface area contributed by atoms with Crippen LogP contribution in [0.5, 0.6) is 0 Å². The maximum atomic E-state index is 11.9. The Morgan fingerprint density at radius 1 is 1.13 bits per heavy atom. The van der Waals surface area contributed by atoms with Gasteiger partial charge in [-0.25, -0.2) is 4.98 Å². The number of aromatic amines is 2. The summed E-state index contributed by atoms with van der Waals surface area (Å²) in [5, 5.41) is 3.14. The van der Waals surface area contributed by atoms with Crippen molar-refractivity contribution in [3.63, 3.8) is 0 Å². The van der Waals surface area contributed by atoms with Crippen molar-refractivity contribution in [3.8, 4) is 10.4 Å². The monoisotopic (exact) mass is 323 g/mol. The van der Waals surface area contributed by atoms with Crippen molar-refractivity contribution >= 4 is 28.4 Å². The standard InChI is InChI=1S/C16H13N5OS/c22-15-13-14(19-9-18-13)20-16(21-15)17-8-11-6-7-12(23-11)10-4-2-1-3-5-10/h1-7,9H,8H2,(H3,17,18,19,20,21,22). The average molecular weight is 323 g/mol. The van der Waals surface area contributed by atoms with Gasteiger partial charge < -0.3 is 10.3 Å². The summed E-state index contributed by atoms with van der Waals surface area (Å²) in [5.74, 6) is 0.421. The first-order valence-electron chi connectivity index (χ1n) is 7.11. The second-order valence-corrected chi connectivity index (χ2v) is 6.17. The number of nitrogens with zero attached hydrogens (tertiary/aromatic N) is 2. The summed E-state index contributed by atoms with van der Waals surface area (Å²) in [5.41, 5.74) is 1.77. The van der Waals surface area contributed by atoms with Crippen LogP contribution in [0.15, 0.2) is 53.6 Å². The second kappa shape index (κ2) is 5.69. The minimum Gasteiger partial charge on any atom is -0.351 e. The Morgan fingerprint density at radius 3 is 2.87 bits per heavy atom. The third kappa shape index (κ3) is 2.74. The van der Waals surface area contributed by atoms with Crippen molar-refractivity contribution < 1.29 is 0 Å². The molecule has 0 aliphatic carbocycles. The molecule has 23 heavy (non-hydrogen) atoms. The fraction of sp³-hybridized carbons (Fsp3) is 0.0625. The van der Waals surface area contributed by atoms with E-state index in [0.29, 0.717) is 23.7 Å². The number of thiophene rings is 1. The number of fused-ring (bicyclic) bond motifs is 1. The molecule has 0 bridgehead atoms. The summed E-state index contributed by atoms with van der Waals surface area (Å²) in [7, 11) is 0. The van der Waals surface area contributed by atoms with Gasteiger partial charge in [-0.3, -0.25) is 9.78 Å². The summed E-state index contributed by atoms with van der Waals surface area (Å²) < 4.78 is 0. The second-order valence-electron chi connectivity index (χ2n) is 5.00. The Kier molecular flexibility index (Phi) is 3.39. The number of rotatable bonds is 4. The minimum absolute atomic E-state index is 0.230. The quantitative estimate of drug-likeness (QED) is 0.539. The number of H-pyrrole nitrogens is 2. The third-order valence-electron chi connectivity index (χ3n) is 3.45. The van der Waals surface area contributed by atoms with Crippen molar-refractivity contribution in [2.24, 2.45) is 0 Å². The molecule has 7 heteroatoms. The predicted octanol–water partition coefficient (Wildman–Crippen LogP) is 2.99. The first kappa shape index (κ1) is 13.7. The smallest absolute Gasteiger partial charge is 0.278 e. The number of hydrogen-bond acceptors (Lipinski definition) is 5. The van der Waals surface area contributed by atoms with E-state index < -0.39 is 0 Å². The molecule has 0 aliphatic heterocycles. The molecule has 6 nitrogen and oxygen atoms in total. The molecule has 3 N–H and O–H groups in total. The van der Waals surface area contributed by atoms with E-state index in [-0.39, 0.29) is 5.56 Å². The van der Waals surface area contributed by atoms with Gasteiger partial charge in [0.05, 0.1) is 12.9 Å². The van der Waals surface area contributed by atoms with Gasteiger partial charge >= 0.3 is 0 Å². The molecule has 0 radical (unpaired) electrons. The summed E-state index contributed by atoms with van der Waals surface area (Å²) in [6, 6.07) is 14.4. The minimum atomic E-state index is -0.230. The molecule has 3 heterocycles. The fourth-order valence-corrected chi connectivity index (χ4v) is 3.28. The van der Waals surface area contributed by atoms with Crippen LogP contribution < -0.4 is 10.9 Å². The van der Waals surface area contributed by atoms with E-state index in [1.807, 2.05) is 18.2 Å². The zero-order valence-corrected chi connectivity index (χ0v) is 12.9. The van der Waals surface area contributed by atoms with Gasteiger partial charge in [-0.05, 0) is 17.7 Å². The van der Waals surface area contributed by atoms with Gasteiger partial charge in [-0.1, -0.05) is 30.3 Å². The lowest BCUT2D eigenvalue weighted by Crippen LogP contribution is -2.12. The van der Waals surface area contributed by atoms with Crippen LogP contribution >= 0.6 is 11.3 Å². The lowest BCUT2D eigenvalue weighted by Gasteiger charge is -2.03. The summed E-state index contributed by atoms with van der Waals surface area (Å²) >= 11 is 1.71. The van der Waals surface area contributed by atoms with E-state index in [1.165, 1.54) is 16.8 Å². The molecule has 114 valence electrons. The van der Waals surface area contributed by atoms with Crippen LogP contribution in [0.1, 0.15) is 4.88 Å². The largest absolute Gasteiger partial charge is 0.351 e. The molecule has 3 aromatic heterocycles. The highest BCUT2D eigenvalue weighted by Gasteiger charge is 2.07. The zero-order valence-electron chi connectivity index (χ0n) is 12.0. The highest BCUT2D eigenvalue weighted by atomic mass is 32.1. The van der Waals surface area contributed by atoms with Crippen molar-refractivity contribution in [2.75, 3.05) is 5.32 Å². The number of aromatic nitrogens is 4. The van der Waals surface area contributed by atoms with Gasteiger partial charge in [0.15, 0.2) is 11.2 Å². The molecule has 1 aromatic carbocycles. The van der Waals surface area contributed by atoms with Crippen molar-refractivity contribution in [1.29, 1.82) is 0 Å². The van der Waals surface area contributed by atoms with E-state index in [0.717, 1.165) is 4.88 Å². The number of nitrogens with one attached hydrogen (secondary N) is 3. The summed E-state index contributed by atoms with van der Waals surface area (Å²) in [6.45, 7) is 0.594. The number of benzene rings is 1. The van der Waals surface area contributed by atoms with Crippen molar-refractivity contribution in [1.82, 2.24) is 19.9 Å². The molecule has 0 amide bonds. The van der Waals surface area contributed by atoms with Crippen LogP contribution in [0.2, 0.25) is 0 Å². The van der Waals surface area contributed by atoms with E-state index in [4.69, 9.17) is 0 Å². The van der Waals surface area contributed by atoms with Crippen molar-refractivity contribution in [3.05, 3.63) is 64.0 Å². The van der Waals surface area contributed by atoms with Gasteiger partial charge in [0.2, 0.25) is 5.95 Å². The van der Waals surface area contributed by atoms with E-state index in [1.54, 1.807) is 11.3 Å². The Bertz CT molecular complexity index is 1000. The maximum absolute atomic E-state index is 11.9. The van der Waals surface area contributed by atoms with Crippen molar-refractivity contribution in [2.45, 2.75) is 6.54 Å². The summed E-state index contributed by atoms with van der Waals surface area (Å²) in [6.07, 6.45) is 1.46. The molecule has 0 spiro atoms.